The number of hydrogen-bond donors (Lipinski definition) is 0. The van der Waals surface area contributed by atoms with Gasteiger partial charge in [0.2, 0.25) is 0 Å². The molecule has 1 aliphatic rings. The number of carbonyl (C=O) groups excluding carboxylic acids is 1. The van der Waals surface area contributed by atoms with E-state index in [0.717, 1.165) is 19.2 Å². The van der Waals surface area contributed by atoms with Crippen molar-refractivity contribution in [3.8, 4) is 11.5 Å². The third kappa shape index (κ3) is 5.73. The number of halogens is 3. The molecule has 0 radical (unpaired) electrons. The highest BCUT2D eigenvalue weighted by Gasteiger charge is 2.49. The van der Waals surface area contributed by atoms with Crippen LogP contribution in [0, 0.1) is 0 Å². The van der Waals surface area contributed by atoms with E-state index in [9.17, 15) is 26.4 Å². The van der Waals surface area contributed by atoms with Crippen LogP contribution in [-0.2, 0) is 10.1 Å². The van der Waals surface area contributed by atoms with Gasteiger partial charge in [0.25, 0.3) is 5.91 Å². The van der Waals surface area contributed by atoms with E-state index in [0.29, 0.717) is 26.2 Å². The monoisotopic (exact) mass is 412 g/mol. The van der Waals surface area contributed by atoms with Crippen LogP contribution < -0.4 is 8.92 Å². The fourth-order valence-corrected chi connectivity index (χ4v) is 2.70. The number of piperazine rings is 1. The van der Waals surface area contributed by atoms with Crippen molar-refractivity contribution in [1.82, 2.24) is 9.80 Å². The van der Waals surface area contributed by atoms with Gasteiger partial charge in [-0.25, -0.2) is 0 Å². The molecule has 7 nitrogen and oxygen atoms in total. The number of carbonyl (C=O) groups is 1. The summed E-state index contributed by atoms with van der Waals surface area (Å²) in [6, 6.07) is 3.32. The van der Waals surface area contributed by atoms with E-state index in [2.05, 4.69) is 9.08 Å². The van der Waals surface area contributed by atoms with E-state index in [4.69, 9.17) is 4.74 Å². The van der Waals surface area contributed by atoms with Gasteiger partial charge in [-0.05, 0) is 25.2 Å². The molecule has 1 aromatic carbocycles. The molecule has 1 fully saturated rings. The molecule has 1 heterocycles. The van der Waals surface area contributed by atoms with Crippen molar-refractivity contribution < 1.29 is 35.3 Å². The summed E-state index contributed by atoms with van der Waals surface area (Å²) in [5.41, 5.74) is -5.40. The van der Waals surface area contributed by atoms with E-state index in [1.54, 1.807) is 4.90 Å². The van der Waals surface area contributed by atoms with Crippen LogP contribution in [0.4, 0.5) is 13.2 Å². The fourth-order valence-electron chi connectivity index (χ4n) is 2.23. The van der Waals surface area contributed by atoms with Crippen molar-refractivity contribution in [2.75, 3.05) is 40.3 Å². The molecule has 1 amide bonds. The van der Waals surface area contributed by atoms with Gasteiger partial charge in [0.1, 0.15) is 0 Å². The summed E-state index contributed by atoms with van der Waals surface area (Å²) < 4.78 is 68.4. The molecule has 2 rings (SSSR count). The first-order valence-electron chi connectivity index (χ1n) is 8.22. The SMILES string of the molecule is CC.COc1cc(C(=O)N2CCN(C)CC2)ccc1OS(=O)(=O)C(F)(F)F. The number of benzene rings is 1. The Morgan fingerprint density at radius 2 is 1.63 bits per heavy atom. The maximum absolute atomic E-state index is 12.4. The molecule has 0 bridgehead atoms. The van der Waals surface area contributed by atoms with Crippen LogP contribution in [0.25, 0.3) is 0 Å². The third-order valence-corrected chi connectivity index (χ3v) is 4.65. The number of rotatable bonds is 4. The summed E-state index contributed by atoms with van der Waals surface area (Å²) in [7, 11) is -2.76. The van der Waals surface area contributed by atoms with Crippen LogP contribution in [-0.4, -0.2) is 70.0 Å². The van der Waals surface area contributed by atoms with Gasteiger partial charge < -0.3 is 18.7 Å². The molecule has 0 aliphatic carbocycles. The van der Waals surface area contributed by atoms with Gasteiger partial charge in [0, 0.05) is 31.7 Å². The first-order valence-corrected chi connectivity index (χ1v) is 9.62. The Balaban J connectivity index is 0.00000176. The summed E-state index contributed by atoms with van der Waals surface area (Å²) in [4.78, 5) is 16.1. The van der Waals surface area contributed by atoms with Gasteiger partial charge in [-0.2, -0.15) is 21.6 Å². The average Bonchev–Trinajstić information content (AvgIpc) is 2.62. The smallest absolute Gasteiger partial charge is 0.493 e. The highest BCUT2D eigenvalue weighted by molar-refractivity contribution is 7.88. The number of hydrogen-bond acceptors (Lipinski definition) is 6. The molecule has 27 heavy (non-hydrogen) atoms. The second-order valence-corrected chi connectivity index (χ2v) is 6.98. The molecule has 1 aliphatic heterocycles. The van der Waals surface area contributed by atoms with Crippen LogP contribution in [0.2, 0.25) is 0 Å². The van der Waals surface area contributed by atoms with Gasteiger partial charge in [-0.1, -0.05) is 13.8 Å². The Hall–Kier alpha value is -2.01. The largest absolute Gasteiger partial charge is 0.534 e. The zero-order chi connectivity index (χ0) is 20.8. The molecule has 1 aromatic rings. The number of likely N-dealkylation sites (N-methyl/N-ethyl adjacent to an activating group) is 1. The number of methoxy groups -OCH3 is 1. The highest BCUT2D eigenvalue weighted by atomic mass is 32.2. The Bertz CT molecular complexity index is 745. The molecule has 0 saturated carbocycles. The lowest BCUT2D eigenvalue weighted by molar-refractivity contribution is -0.0500. The van der Waals surface area contributed by atoms with Crippen LogP contribution in [0.5, 0.6) is 11.5 Å². The highest BCUT2D eigenvalue weighted by Crippen LogP contribution is 2.33. The van der Waals surface area contributed by atoms with Gasteiger partial charge in [-0.15, -0.1) is 0 Å². The molecule has 0 aromatic heterocycles. The maximum atomic E-state index is 12.4. The van der Waals surface area contributed by atoms with E-state index < -0.39 is 21.4 Å². The molecule has 0 atom stereocenters. The van der Waals surface area contributed by atoms with Crippen LogP contribution in [0.1, 0.15) is 24.2 Å². The minimum Gasteiger partial charge on any atom is -0.493 e. The Morgan fingerprint density at radius 3 is 2.11 bits per heavy atom. The summed E-state index contributed by atoms with van der Waals surface area (Å²) in [6.07, 6.45) is 0. The van der Waals surface area contributed by atoms with Crippen molar-refractivity contribution in [2.24, 2.45) is 0 Å². The normalized spacial score (nSPS) is 15.6. The van der Waals surface area contributed by atoms with E-state index in [-0.39, 0.29) is 17.2 Å². The molecular weight excluding hydrogens is 389 g/mol. The van der Waals surface area contributed by atoms with E-state index >= 15 is 0 Å². The van der Waals surface area contributed by atoms with Crippen LogP contribution in [0.15, 0.2) is 18.2 Å². The lowest BCUT2D eigenvalue weighted by atomic mass is 10.1. The zero-order valence-corrected chi connectivity index (χ0v) is 16.4. The minimum absolute atomic E-state index is 0.165. The standard InChI is InChI=1S/C14H17F3N2O5S.C2H6/c1-18-5-7-19(8-6-18)13(20)10-3-4-11(12(9-10)23-2)24-25(21,22)14(15,16)17;1-2/h3-4,9H,5-8H2,1-2H3;1-2H3. The Morgan fingerprint density at radius 1 is 1.07 bits per heavy atom. The summed E-state index contributed by atoms with van der Waals surface area (Å²) in [5, 5.41) is 0. The summed E-state index contributed by atoms with van der Waals surface area (Å²) >= 11 is 0. The maximum Gasteiger partial charge on any atom is 0.534 e. The third-order valence-electron chi connectivity index (χ3n) is 3.68. The predicted molar refractivity (Wildman–Crippen MR) is 93.3 cm³/mol. The molecule has 0 N–H and O–H groups in total. The fraction of sp³-hybridized carbons (Fsp3) is 0.562. The minimum atomic E-state index is -5.82. The van der Waals surface area contributed by atoms with Gasteiger partial charge in [0.15, 0.2) is 11.5 Å². The molecular formula is C16H23F3N2O5S. The average molecular weight is 412 g/mol. The second kappa shape index (κ2) is 9.27. The quantitative estimate of drug-likeness (QED) is 0.558. The van der Waals surface area contributed by atoms with Crippen molar-refractivity contribution >= 4 is 16.0 Å². The van der Waals surface area contributed by atoms with E-state index in [1.807, 2.05) is 20.9 Å². The predicted octanol–water partition coefficient (Wildman–Crippen LogP) is 2.34. The first-order chi connectivity index (χ1) is 12.5. The van der Waals surface area contributed by atoms with E-state index in [1.165, 1.54) is 6.07 Å². The lowest BCUT2D eigenvalue weighted by Crippen LogP contribution is -2.47. The molecule has 0 unspecified atom stereocenters. The Kier molecular flexibility index (Phi) is 7.90. The molecule has 154 valence electrons. The molecule has 1 saturated heterocycles. The zero-order valence-electron chi connectivity index (χ0n) is 15.5. The molecule has 11 heteroatoms. The van der Waals surface area contributed by atoms with Gasteiger partial charge in [-0.3, -0.25) is 4.79 Å². The van der Waals surface area contributed by atoms with Crippen molar-refractivity contribution in [2.45, 2.75) is 19.4 Å². The van der Waals surface area contributed by atoms with Crippen LogP contribution in [0.3, 0.4) is 0 Å². The number of ether oxygens (including phenoxy) is 1. The number of amides is 1. The van der Waals surface area contributed by atoms with Gasteiger partial charge >= 0.3 is 15.6 Å². The summed E-state index contributed by atoms with van der Waals surface area (Å²) in [6.45, 7) is 6.43. The van der Waals surface area contributed by atoms with Crippen molar-refractivity contribution in [3.63, 3.8) is 0 Å². The lowest BCUT2D eigenvalue weighted by Gasteiger charge is -2.32. The number of alkyl halides is 3. The number of nitrogens with zero attached hydrogens (tertiary/aromatic N) is 2. The topological polar surface area (TPSA) is 76.2 Å². The van der Waals surface area contributed by atoms with Crippen LogP contribution >= 0.6 is 0 Å². The molecule has 0 spiro atoms. The second-order valence-electron chi connectivity index (χ2n) is 5.44. The first kappa shape index (κ1) is 23.0. The Labute approximate surface area is 156 Å². The van der Waals surface area contributed by atoms with Crippen molar-refractivity contribution in [3.05, 3.63) is 23.8 Å². The summed E-state index contributed by atoms with van der Waals surface area (Å²) in [5.74, 6) is -1.25. The van der Waals surface area contributed by atoms with Gasteiger partial charge in [0.05, 0.1) is 7.11 Å². The van der Waals surface area contributed by atoms with Crippen molar-refractivity contribution in [1.29, 1.82) is 0 Å².